The van der Waals surface area contributed by atoms with Gasteiger partial charge in [-0.15, -0.1) is 0 Å². The van der Waals surface area contributed by atoms with Crippen molar-refractivity contribution in [3.05, 3.63) is 42.0 Å². The van der Waals surface area contributed by atoms with Gasteiger partial charge in [0.1, 0.15) is 0 Å². The van der Waals surface area contributed by atoms with Crippen LogP contribution in [-0.4, -0.2) is 44.1 Å². The fraction of sp³-hybridized carbons (Fsp3) is 0.312. The summed E-state index contributed by atoms with van der Waals surface area (Å²) in [5, 5.41) is 12.9. The lowest BCUT2D eigenvalue weighted by Gasteiger charge is -2.34. The zero-order valence-corrected chi connectivity index (χ0v) is 11.5. The number of hydrogen-bond donors (Lipinski definition) is 0. The molecule has 1 saturated heterocycles. The number of carbonyl (C=O) groups excluding carboxylic acids is 1. The van der Waals surface area contributed by atoms with Crippen LogP contribution >= 0.6 is 0 Å². The number of carboxylic acid groups (broad SMARTS) is 1. The zero-order chi connectivity index (χ0) is 14.1. The van der Waals surface area contributed by atoms with Crippen LogP contribution in [0.5, 0.6) is 0 Å². The number of fused-ring (bicyclic) bond motifs is 1. The molecule has 1 aliphatic rings. The Morgan fingerprint density at radius 1 is 1.00 bits per heavy atom. The van der Waals surface area contributed by atoms with Crippen LogP contribution in [0.3, 0.4) is 0 Å². The first-order valence-corrected chi connectivity index (χ1v) is 6.82. The van der Waals surface area contributed by atoms with Gasteiger partial charge in [0, 0.05) is 31.9 Å². The quantitative estimate of drug-likeness (QED) is 0.814. The van der Waals surface area contributed by atoms with Gasteiger partial charge >= 0.3 is 0 Å². The third-order valence-corrected chi connectivity index (χ3v) is 3.93. The van der Waals surface area contributed by atoms with Crippen molar-refractivity contribution in [2.75, 3.05) is 38.1 Å². The van der Waals surface area contributed by atoms with Gasteiger partial charge in [0.15, 0.2) is 0 Å². The summed E-state index contributed by atoms with van der Waals surface area (Å²) in [6, 6.07) is 11.3. The Bertz CT molecular complexity index is 646. The molecule has 104 valence electrons. The van der Waals surface area contributed by atoms with Gasteiger partial charge in [-0.3, -0.25) is 0 Å². The molecule has 2 aromatic carbocycles. The fourth-order valence-corrected chi connectivity index (χ4v) is 2.62. The summed E-state index contributed by atoms with van der Waals surface area (Å²) in [5.74, 6) is -1.13. The third-order valence-electron chi connectivity index (χ3n) is 3.93. The van der Waals surface area contributed by atoms with Crippen molar-refractivity contribution in [1.82, 2.24) is 4.90 Å². The topological polar surface area (TPSA) is 46.6 Å². The number of carboxylic acids is 1. The van der Waals surface area contributed by atoms with E-state index in [1.165, 1.54) is 5.69 Å². The standard InChI is InChI=1S/C16H18N2O2/c1-17-6-8-18(9-7-17)15-5-4-12-10-14(16(19)20)3-2-13(12)11-15/h2-5,10-11H,6-9H2,1H3,(H,19,20)/p-1. The van der Waals surface area contributed by atoms with Crippen LogP contribution in [0, 0.1) is 0 Å². The van der Waals surface area contributed by atoms with Gasteiger partial charge in [0.05, 0.1) is 5.97 Å². The molecule has 3 rings (SSSR count). The maximum Gasteiger partial charge on any atom is 0.0715 e. The molecular weight excluding hydrogens is 252 g/mol. The number of carbonyl (C=O) groups is 1. The van der Waals surface area contributed by atoms with Crippen LogP contribution in [0.1, 0.15) is 10.4 Å². The lowest BCUT2D eigenvalue weighted by molar-refractivity contribution is -0.255. The molecule has 1 heterocycles. The Labute approximate surface area is 118 Å². The van der Waals surface area contributed by atoms with Gasteiger partial charge in [-0.1, -0.05) is 18.2 Å². The molecule has 0 aromatic heterocycles. The van der Waals surface area contributed by atoms with Crippen molar-refractivity contribution >= 4 is 22.4 Å². The van der Waals surface area contributed by atoms with Crippen molar-refractivity contribution in [2.24, 2.45) is 0 Å². The van der Waals surface area contributed by atoms with Crippen LogP contribution in [-0.2, 0) is 0 Å². The van der Waals surface area contributed by atoms with Crippen LogP contribution in [0.25, 0.3) is 10.8 Å². The van der Waals surface area contributed by atoms with E-state index in [2.05, 4.69) is 29.0 Å². The average Bonchev–Trinajstić information content (AvgIpc) is 2.47. The number of rotatable bonds is 2. The molecule has 0 atom stereocenters. The summed E-state index contributed by atoms with van der Waals surface area (Å²) in [6.07, 6.45) is 0. The van der Waals surface area contributed by atoms with E-state index < -0.39 is 5.97 Å². The fourth-order valence-electron chi connectivity index (χ4n) is 2.62. The molecule has 4 heteroatoms. The van der Waals surface area contributed by atoms with Crippen LogP contribution in [0.15, 0.2) is 36.4 Å². The van der Waals surface area contributed by atoms with Crippen molar-refractivity contribution < 1.29 is 9.90 Å². The Hall–Kier alpha value is -2.07. The number of hydrogen-bond acceptors (Lipinski definition) is 4. The normalized spacial score (nSPS) is 16.6. The minimum absolute atomic E-state index is 0.227. The largest absolute Gasteiger partial charge is 0.545 e. The Balaban J connectivity index is 1.91. The first-order valence-electron chi connectivity index (χ1n) is 6.82. The van der Waals surface area contributed by atoms with Crippen LogP contribution in [0.4, 0.5) is 5.69 Å². The van der Waals surface area contributed by atoms with E-state index in [4.69, 9.17) is 0 Å². The molecule has 0 amide bonds. The molecule has 1 aliphatic heterocycles. The summed E-state index contributed by atoms with van der Waals surface area (Å²) < 4.78 is 0. The maximum atomic E-state index is 10.9. The molecule has 0 N–H and O–H groups in total. The monoisotopic (exact) mass is 269 g/mol. The van der Waals surface area contributed by atoms with E-state index in [0.717, 1.165) is 37.0 Å². The molecule has 0 saturated carbocycles. The Morgan fingerprint density at radius 2 is 1.65 bits per heavy atom. The summed E-state index contributed by atoms with van der Waals surface area (Å²) in [4.78, 5) is 15.6. The molecular formula is C16H17N2O2-. The smallest absolute Gasteiger partial charge is 0.0715 e. The van der Waals surface area contributed by atoms with E-state index in [1.54, 1.807) is 12.1 Å². The molecule has 0 unspecified atom stereocenters. The highest BCUT2D eigenvalue weighted by molar-refractivity contribution is 5.94. The minimum atomic E-state index is -1.13. The first kappa shape index (κ1) is 12.9. The third kappa shape index (κ3) is 2.47. The second-order valence-corrected chi connectivity index (χ2v) is 5.32. The summed E-state index contributed by atoms with van der Waals surface area (Å²) >= 11 is 0. The van der Waals surface area contributed by atoms with Crippen molar-refractivity contribution in [3.63, 3.8) is 0 Å². The second-order valence-electron chi connectivity index (χ2n) is 5.32. The summed E-state index contributed by atoms with van der Waals surface area (Å²) in [5.41, 5.74) is 1.43. The van der Waals surface area contributed by atoms with Gasteiger partial charge in [-0.05, 0) is 41.6 Å². The van der Waals surface area contributed by atoms with Crippen molar-refractivity contribution in [1.29, 1.82) is 0 Å². The number of benzene rings is 2. The molecule has 0 spiro atoms. The van der Waals surface area contributed by atoms with Crippen LogP contribution in [0.2, 0.25) is 0 Å². The van der Waals surface area contributed by atoms with E-state index in [-0.39, 0.29) is 5.56 Å². The van der Waals surface area contributed by atoms with Gasteiger partial charge < -0.3 is 19.7 Å². The minimum Gasteiger partial charge on any atom is -0.545 e. The molecule has 20 heavy (non-hydrogen) atoms. The highest BCUT2D eigenvalue weighted by Crippen LogP contribution is 2.24. The van der Waals surface area contributed by atoms with Gasteiger partial charge in [0.25, 0.3) is 0 Å². The predicted octanol–water partition coefficient (Wildman–Crippen LogP) is 0.955. The molecule has 0 bridgehead atoms. The number of nitrogens with zero attached hydrogens (tertiary/aromatic N) is 2. The number of anilines is 1. The molecule has 2 aromatic rings. The summed E-state index contributed by atoms with van der Waals surface area (Å²) in [6.45, 7) is 4.20. The van der Waals surface area contributed by atoms with E-state index >= 15 is 0 Å². The van der Waals surface area contributed by atoms with Crippen molar-refractivity contribution in [3.8, 4) is 0 Å². The predicted molar refractivity (Wildman–Crippen MR) is 78.0 cm³/mol. The zero-order valence-electron chi connectivity index (χ0n) is 11.5. The SMILES string of the molecule is CN1CCN(c2ccc3cc(C(=O)[O-])ccc3c2)CC1. The molecule has 4 nitrogen and oxygen atoms in total. The highest BCUT2D eigenvalue weighted by atomic mass is 16.4. The van der Waals surface area contributed by atoms with Crippen molar-refractivity contribution in [2.45, 2.75) is 0 Å². The lowest BCUT2D eigenvalue weighted by atomic mass is 10.1. The average molecular weight is 269 g/mol. The highest BCUT2D eigenvalue weighted by Gasteiger charge is 2.14. The molecule has 1 fully saturated rings. The number of aromatic carboxylic acids is 1. The Kier molecular flexibility index (Phi) is 3.32. The Morgan fingerprint density at radius 3 is 2.35 bits per heavy atom. The van der Waals surface area contributed by atoms with Gasteiger partial charge in [-0.25, -0.2) is 0 Å². The lowest BCUT2D eigenvalue weighted by Crippen LogP contribution is -2.44. The van der Waals surface area contributed by atoms with Gasteiger partial charge in [0.2, 0.25) is 0 Å². The first-order chi connectivity index (χ1) is 9.63. The number of likely N-dealkylation sites (N-methyl/N-ethyl adjacent to an activating group) is 1. The summed E-state index contributed by atoms with van der Waals surface area (Å²) in [7, 11) is 2.14. The van der Waals surface area contributed by atoms with E-state index in [0.29, 0.717) is 0 Å². The molecule has 0 radical (unpaired) electrons. The number of piperazine rings is 1. The van der Waals surface area contributed by atoms with Gasteiger partial charge in [-0.2, -0.15) is 0 Å². The van der Waals surface area contributed by atoms with E-state index in [9.17, 15) is 9.90 Å². The van der Waals surface area contributed by atoms with Crippen LogP contribution < -0.4 is 10.0 Å². The molecule has 0 aliphatic carbocycles. The maximum absolute atomic E-state index is 10.9. The van der Waals surface area contributed by atoms with E-state index in [1.807, 2.05) is 12.1 Å². The second kappa shape index (κ2) is 5.13.